The number of nitrogens with one attached hydrogen (secondary N) is 2. The quantitative estimate of drug-likeness (QED) is 0.0795. The zero-order chi connectivity index (χ0) is 45.8. The molecule has 63 heavy (non-hydrogen) atoms. The van der Waals surface area contributed by atoms with Crippen molar-refractivity contribution in [2.75, 3.05) is 15.2 Å². The van der Waals surface area contributed by atoms with Crippen LogP contribution in [0.5, 0.6) is 0 Å². The molecule has 2 aliphatic rings. The van der Waals surface area contributed by atoms with E-state index < -0.39 is 49.1 Å². The van der Waals surface area contributed by atoms with Crippen LogP contribution >= 0.6 is 0 Å². The Morgan fingerprint density at radius 3 is 1.62 bits per heavy atom. The maximum Gasteiger partial charge on any atom is 0.416 e. The van der Waals surface area contributed by atoms with Crippen molar-refractivity contribution in [3.8, 4) is 0 Å². The van der Waals surface area contributed by atoms with Crippen LogP contribution in [0, 0.1) is 16.7 Å². The van der Waals surface area contributed by atoms with E-state index in [2.05, 4.69) is 9.44 Å². The fraction of sp³-hybridized carbons (Fsp3) is 0.298. The van der Waals surface area contributed by atoms with E-state index in [1.165, 1.54) is 6.07 Å². The van der Waals surface area contributed by atoms with Crippen molar-refractivity contribution in [2.45, 2.75) is 69.9 Å². The highest BCUT2D eigenvalue weighted by molar-refractivity contribution is 7.93. The van der Waals surface area contributed by atoms with Gasteiger partial charge in [0.2, 0.25) is 10.0 Å². The van der Waals surface area contributed by atoms with E-state index in [1.807, 2.05) is 32.0 Å². The molecule has 2 unspecified atom stereocenters. The van der Waals surface area contributed by atoms with Gasteiger partial charge in [-0.05, 0) is 133 Å². The maximum absolute atomic E-state index is 13.2. The summed E-state index contributed by atoms with van der Waals surface area (Å²) in [6.45, 7) is 4.06. The summed E-state index contributed by atoms with van der Waals surface area (Å²) < 4.78 is 95.0. The molecule has 2 fully saturated rings. The molecule has 0 radical (unpaired) electrons. The molecule has 4 N–H and O–H groups in total. The number of hydrogen-bond acceptors (Lipinski definition) is 7. The minimum absolute atomic E-state index is 0.0794. The van der Waals surface area contributed by atoms with E-state index in [0.29, 0.717) is 55.5 Å². The van der Waals surface area contributed by atoms with Crippen LogP contribution in [0.3, 0.4) is 0 Å². The summed E-state index contributed by atoms with van der Waals surface area (Å²) in [5.41, 5.74) is 2.29. The van der Waals surface area contributed by atoms with Gasteiger partial charge in [0.1, 0.15) is 5.78 Å². The Morgan fingerprint density at radius 1 is 0.683 bits per heavy atom. The van der Waals surface area contributed by atoms with Gasteiger partial charge in [0.25, 0.3) is 10.0 Å². The third kappa shape index (κ3) is 10.8. The third-order valence-corrected chi connectivity index (χ3v) is 15.1. The average molecular weight is 905 g/mol. The molecule has 0 heterocycles. The highest BCUT2D eigenvalue weighted by Gasteiger charge is 2.65. The summed E-state index contributed by atoms with van der Waals surface area (Å²) in [6.07, 6.45) is -0.508. The van der Waals surface area contributed by atoms with Crippen molar-refractivity contribution < 1.29 is 54.6 Å². The first-order valence-electron chi connectivity index (χ1n) is 20.1. The molecule has 0 aliphatic heterocycles. The second kappa shape index (κ2) is 18.4. The van der Waals surface area contributed by atoms with Crippen molar-refractivity contribution in [3.63, 3.8) is 0 Å². The number of carboxylic acids is 2. The molecule has 7 rings (SSSR count). The van der Waals surface area contributed by atoms with Crippen LogP contribution in [0.2, 0.25) is 0 Å². The van der Waals surface area contributed by atoms with E-state index in [4.69, 9.17) is 5.11 Å². The van der Waals surface area contributed by atoms with E-state index in [9.17, 15) is 49.5 Å². The topological polar surface area (TPSA) is 184 Å². The smallest absolute Gasteiger partial charge is 0.416 e. The van der Waals surface area contributed by atoms with Crippen molar-refractivity contribution in [1.29, 1.82) is 0 Å². The number of para-hydroxylation sites is 2. The van der Waals surface area contributed by atoms with Crippen LogP contribution in [-0.2, 0) is 56.7 Å². The third-order valence-electron chi connectivity index (χ3n) is 12.3. The molecule has 5 aromatic carbocycles. The number of hydrogen-bond donors (Lipinski definition) is 4. The first-order chi connectivity index (χ1) is 29.6. The molecular weight excluding hydrogens is 858 g/mol. The molecule has 2 atom stereocenters. The SMILES string of the molecule is CC1(C)C2CCC1(CS(=O)(=O)Nc1ccccc1CCc1cccc(C(=O)O)c1)C(=O)C2.O=C(O)c1cccc(CCc2ccccc2NS(=O)(=O)c2ccc(C(F)(F)F)cc2)c1. The summed E-state index contributed by atoms with van der Waals surface area (Å²) in [7, 11) is -7.83. The number of fused-ring (bicyclic) bond motifs is 2. The van der Waals surface area contributed by atoms with Crippen LogP contribution < -0.4 is 9.44 Å². The number of carboxylic acid groups (broad SMARTS) is 2. The van der Waals surface area contributed by atoms with E-state index in [1.54, 1.807) is 72.8 Å². The Hall–Kier alpha value is -6.00. The molecule has 0 amide bonds. The Labute approximate surface area is 364 Å². The van der Waals surface area contributed by atoms with Crippen LogP contribution in [0.4, 0.5) is 24.5 Å². The lowest BCUT2D eigenvalue weighted by molar-refractivity contribution is -0.137. The van der Waals surface area contributed by atoms with Crippen molar-refractivity contribution in [2.24, 2.45) is 16.7 Å². The highest BCUT2D eigenvalue weighted by Crippen LogP contribution is 2.64. The Kier molecular flexibility index (Phi) is 13.6. The normalized spacial score (nSPS) is 18.0. The van der Waals surface area contributed by atoms with Gasteiger partial charge >= 0.3 is 18.1 Å². The lowest BCUT2D eigenvalue weighted by atomic mass is 9.70. The zero-order valence-corrected chi connectivity index (χ0v) is 36.1. The van der Waals surface area contributed by atoms with Crippen molar-refractivity contribution in [1.82, 2.24) is 0 Å². The van der Waals surface area contributed by atoms with Gasteiger partial charge in [-0.2, -0.15) is 13.2 Å². The summed E-state index contributed by atoms with van der Waals surface area (Å²) >= 11 is 0. The predicted octanol–water partition coefficient (Wildman–Crippen LogP) is 9.30. The Balaban J connectivity index is 0.000000210. The van der Waals surface area contributed by atoms with Crippen LogP contribution in [0.1, 0.15) is 81.6 Å². The maximum atomic E-state index is 13.2. The van der Waals surface area contributed by atoms with Gasteiger partial charge in [0.05, 0.1) is 44.1 Å². The van der Waals surface area contributed by atoms with Crippen molar-refractivity contribution in [3.05, 3.63) is 160 Å². The number of carbonyl (C=O) groups excluding carboxylic acids is 1. The molecule has 16 heteroatoms. The minimum Gasteiger partial charge on any atom is -0.478 e. The molecule has 2 aliphatic carbocycles. The summed E-state index contributed by atoms with van der Waals surface area (Å²) in [4.78, 5) is 34.8. The van der Waals surface area contributed by atoms with Crippen LogP contribution in [0.15, 0.2) is 126 Å². The fourth-order valence-corrected chi connectivity index (χ4v) is 11.6. The molecule has 0 aromatic heterocycles. The molecule has 0 saturated heterocycles. The fourth-order valence-electron chi connectivity index (χ4n) is 8.62. The molecule has 332 valence electrons. The number of sulfonamides is 2. The second-order valence-corrected chi connectivity index (χ2v) is 19.9. The number of aromatic carboxylic acids is 2. The standard InChI is InChI=1S/C25H29NO5S.C22H18F3NO4S/c1-24(2)20-12-13-25(24,22(27)15-20)16-32(30,31)26-21-9-4-3-7-18(21)11-10-17-6-5-8-19(14-17)23(28)29;23-22(24,25)18-10-12-19(13-11-18)31(29,30)26-20-7-2-1-5-16(20)9-8-15-4-3-6-17(14-15)21(27)28/h3-9,14,20,26H,10-13,15-16H2,1-2H3,(H,28,29);1-7,10-14,26H,8-9H2,(H,27,28). The van der Waals surface area contributed by atoms with Gasteiger partial charge in [0, 0.05) is 6.42 Å². The molecule has 5 aromatic rings. The van der Waals surface area contributed by atoms with Crippen LogP contribution in [0.25, 0.3) is 0 Å². The average Bonchev–Trinajstić information content (AvgIpc) is 3.57. The number of benzene rings is 5. The summed E-state index contributed by atoms with van der Waals surface area (Å²) in [6, 6.07) is 30.4. The highest BCUT2D eigenvalue weighted by atomic mass is 32.2. The predicted molar refractivity (Wildman–Crippen MR) is 233 cm³/mol. The number of Topliss-reactive ketones (excluding diaryl/α,β-unsaturated/α-hetero) is 1. The molecule has 2 bridgehead atoms. The van der Waals surface area contributed by atoms with Gasteiger partial charge in [0.15, 0.2) is 0 Å². The molecular formula is C47H47F3N2O9S2. The number of carbonyl (C=O) groups is 3. The lowest BCUT2D eigenvalue weighted by Crippen LogP contribution is -2.43. The first-order valence-corrected chi connectivity index (χ1v) is 23.3. The monoisotopic (exact) mass is 904 g/mol. The number of halogens is 3. The van der Waals surface area contributed by atoms with E-state index in [-0.39, 0.29) is 38.9 Å². The molecule has 2 saturated carbocycles. The largest absolute Gasteiger partial charge is 0.478 e. The van der Waals surface area contributed by atoms with Crippen molar-refractivity contribution >= 4 is 49.1 Å². The number of anilines is 2. The van der Waals surface area contributed by atoms with E-state index in [0.717, 1.165) is 47.4 Å². The lowest BCUT2D eigenvalue weighted by Gasteiger charge is -2.36. The second-order valence-electron chi connectivity index (χ2n) is 16.5. The molecule has 11 nitrogen and oxygen atoms in total. The summed E-state index contributed by atoms with van der Waals surface area (Å²) in [5.74, 6) is -1.85. The Bertz CT molecular complexity index is 2740. The zero-order valence-electron chi connectivity index (χ0n) is 34.5. The van der Waals surface area contributed by atoms with E-state index >= 15 is 0 Å². The van der Waals surface area contributed by atoms with Gasteiger partial charge in [-0.1, -0.05) is 74.5 Å². The minimum atomic E-state index is -4.56. The number of alkyl halides is 3. The number of ketones is 1. The number of rotatable bonds is 15. The van der Waals surface area contributed by atoms with Gasteiger partial charge in [-0.3, -0.25) is 14.2 Å². The first kappa shape index (κ1) is 46.5. The Morgan fingerprint density at radius 2 is 1.17 bits per heavy atom. The van der Waals surface area contributed by atoms with Crippen LogP contribution in [-0.4, -0.2) is 50.5 Å². The summed E-state index contributed by atoms with van der Waals surface area (Å²) in [5, 5.41) is 18.3. The van der Waals surface area contributed by atoms with Gasteiger partial charge < -0.3 is 10.2 Å². The molecule has 0 spiro atoms. The van der Waals surface area contributed by atoms with Gasteiger partial charge in [-0.25, -0.2) is 26.4 Å². The van der Waals surface area contributed by atoms with Gasteiger partial charge in [-0.15, -0.1) is 0 Å². The number of aryl methyl sites for hydroxylation is 4.